The number of Topliss-reactive ketones (excluding diaryl/α,β-unsaturated/α-hetero) is 2. The lowest BCUT2D eigenvalue weighted by Crippen LogP contribution is -2.30. The molecule has 0 saturated heterocycles. The molecule has 23 heavy (non-hydrogen) atoms. The minimum atomic E-state index is -4.32. The summed E-state index contributed by atoms with van der Waals surface area (Å²) in [4.78, 5) is 24.0. The number of carbonyl (C=O) groups excluding carboxylic acids is 2. The highest BCUT2D eigenvalue weighted by Crippen LogP contribution is 2.57. The Labute approximate surface area is 136 Å². The van der Waals surface area contributed by atoms with Crippen LogP contribution in [0.15, 0.2) is 29.2 Å². The highest BCUT2D eigenvalue weighted by atomic mass is 32.2. The number of benzene rings is 1. The van der Waals surface area contributed by atoms with E-state index in [1.807, 2.05) is 0 Å². The first-order chi connectivity index (χ1) is 10.8. The molecule has 0 heterocycles. The van der Waals surface area contributed by atoms with Crippen LogP contribution in [0.2, 0.25) is 0 Å². The molecule has 0 spiro atoms. The number of carbonyl (C=O) groups is 2. The Bertz CT molecular complexity index is 602. The van der Waals surface area contributed by atoms with E-state index in [2.05, 4.69) is 0 Å². The summed E-state index contributed by atoms with van der Waals surface area (Å²) in [6, 6.07) is 5.16. The van der Waals surface area contributed by atoms with Crippen molar-refractivity contribution in [3.8, 4) is 0 Å². The van der Waals surface area contributed by atoms with Gasteiger partial charge in [0.1, 0.15) is 11.6 Å². The van der Waals surface area contributed by atoms with Crippen LogP contribution >= 0.6 is 11.8 Å². The van der Waals surface area contributed by atoms with Gasteiger partial charge in [-0.2, -0.15) is 13.2 Å². The molecule has 1 aromatic carbocycles. The summed E-state index contributed by atoms with van der Waals surface area (Å²) >= 11 is 1.52. The maximum absolute atomic E-state index is 12.6. The number of hydrogen-bond acceptors (Lipinski definition) is 3. The average Bonchev–Trinajstić information content (AvgIpc) is 3.25. The standard InChI is InChI=1S/C17H17F3O2S/c18-17(19,20)11-1-3-15(4-2-11)23-10-16(5-6-16)12-7-13(21)9-14(22)8-12/h1-4,12H,5-10H2. The molecule has 0 unspecified atom stereocenters. The summed E-state index contributed by atoms with van der Waals surface area (Å²) in [6.07, 6.45) is -1.32. The Morgan fingerprint density at radius 3 is 2.09 bits per heavy atom. The van der Waals surface area contributed by atoms with E-state index in [1.165, 1.54) is 23.9 Å². The molecule has 2 fully saturated rings. The first kappa shape index (κ1) is 16.6. The van der Waals surface area contributed by atoms with E-state index in [4.69, 9.17) is 0 Å². The number of hydrogen-bond donors (Lipinski definition) is 0. The van der Waals surface area contributed by atoms with Crippen LogP contribution in [0, 0.1) is 11.3 Å². The van der Waals surface area contributed by atoms with E-state index >= 15 is 0 Å². The molecule has 2 aliphatic rings. The second-order valence-electron chi connectivity index (χ2n) is 6.53. The fraction of sp³-hybridized carbons (Fsp3) is 0.529. The predicted octanol–water partition coefficient (Wildman–Crippen LogP) is 4.52. The molecule has 1 aromatic rings. The molecule has 0 N–H and O–H groups in total. The first-order valence-corrected chi connectivity index (χ1v) is 8.61. The van der Waals surface area contributed by atoms with Crippen LogP contribution in [-0.4, -0.2) is 17.3 Å². The lowest BCUT2D eigenvalue weighted by molar-refractivity contribution is -0.137. The van der Waals surface area contributed by atoms with Crippen molar-refractivity contribution >= 4 is 23.3 Å². The Morgan fingerprint density at radius 1 is 1.04 bits per heavy atom. The Kier molecular flexibility index (Phi) is 4.29. The fourth-order valence-corrected chi connectivity index (χ4v) is 4.52. The van der Waals surface area contributed by atoms with Crippen molar-refractivity contribution in [2.24, 2.45) is 11.3 Å². The minimum Gasteiger partial charge on any atom is -0.299 e. The van der Waals surface area contributed by atoms with Crippen molar-refractivity contribution in [2.45, 2.75) is 43.2 Å². The highest BCUT2D eigenvalue weighted by molar-refractivity contribution is 7.99. The van der Waals surface area contributed by atoms with Crippen LogP contribution in [0.3, 0.4) is 0 Å². The van der Waals surface area contributed by atoms with Gasteiger partial charge in [-0.05, 0) is 48.4 Å². The molecule has 2 aliphatic carbocycles. The maximum atomic E-state index is 12.6. The van der Waals surface area contributed by atoms with Crippen LogP contribution < -0.4 is 0 Å². The van der Waals surface area contributed by atoms with Crippen molar-refractivity contribution in [2.75, 3.05) is 5.75 Å². The van der Waals surface area contributed by atoms with Gasteiger partial charge in [-0.15, -0.1) is 11.8 Å². The van der Waals surface area contributed by atoms with E-state index in [9.17, 15) is 22.8 Å². The van der Waals surface area contributed by atoms with Crippen LogP contribution in [0.4, 0.5) is 13.2 Å². The Hall–Kier alpha value is -1.30. The van der Waals surface area contributed by atoms with Gasteiger partial charge in [-0.25, -0.2) is 0 Å². The summed E-state index contributed by atoms with van der Waals surface area (Å²) in [7, 11) is 0. The van der Waals surface area contributed by atoms with Crippen LogP contribution in [0.25, 0.3) is 0 Å². The molecule has 0 aliphatic heterocycles. The molecule has 0 amide bonds. The summed E-state index contributed by atoms with van der Waals surface area (Å²) in [6.45, 7) is 0. The summed E-state index contributed by atoms with van der Waals surface area (Å²) in [5, 5.41) is 0. The van der Waals surface area contributed by atoms with Gasteiger partial charge in [0.2, 0.25) is 0 Å². The maximum Gasteiger partial charge on any atom is 0.416 e. The average molecular weight is 342 g/mol. The van der Waals surface area contributed by atoms with Gasteiger partial charge < -0.3 is 0 Å². The zero-order valence-electron chi connectivity index (χ0n) is 12.5. The highest BCUT2D eigenvalue weighted by Gasteiger charge is 2.51. The largest absolute Gasteiger partial charge is 0.416 e. The third kappa shape index (κ3) is 3.79. The second kappa shape index (κ2) is 5.96. The van der Waals surface area contributed by atoms with Gasteiger partial charge in [-0.1, -0.05) is 0 Å². The fourth-order valence-electron chi connectivity index (χ4n) is 3.22. The smallest absolute Gasteiger partial charge is 0.299 e. The second-order valence-corrected chi connectivity index (χ2v) is 7.58. The molecule has 6 heteroatoms. The molecule has 2 saturated carbocycles. The number of ketones is 2. The lowest BCUT2D eigenvalue weighted by Gasteiger charge is -2.28. The zero-order valence-corrected chi connectivity index (χ0v) is 13.3. The van der Waals surface area contributed by atoms with Crippen molar-refractivity contribution in [1.82, 2.24) is 0 Å². The molecular weight excluding hydrogens is 325 g/mol. The molecule has 3 rings (SSSR count). The van der Waals surface area contributed by atoms with Crippen LogP contribution in [-0.2, 0) is 15.8 Å². The van der Waals surface area contributed by atoms with Gasteiger partial charge in [0.25, 0.3) is 0 Å². The normalized spacial score (nSPS) is 21.5. The number of halogens is 3. The van der Waals surface area contributed by atoms with Crippen molar-refractivity contribution in [1.29, 1.82) is 0 Å². The molecule has 124 valence electrons. The number of alkyl halides is 3. The van der Waals surface area contributed by atoms with E-state index in [0.29, 0.717) is 12.8 Å². The molecule has 0 atom stereocenters. The Morgan fingerprint density at radius 2 is 1.61 bits per heavy atom. The summed E-state index contributed by atoms with van der Waals surface area (Å²) < 4.78 is 37.7. The number of thioether (sulfide) groups is 1. The van der Waals surface area contributed by atoms with Crippen molar-refractivity contribution in [3.63, 3.8) is 0 Å². The van der Waals surface area contributed by atoms with Gasteiger partial charge in [0.15, 0.2) is 0 Å². The topological polar surface area (TPSA) is 34.1 Å². The molecular formula is C17H17F3O2S. The molecule has 0 radical (unpaired) electrons. The van der Waals surface area contributed by atoms with Gasteiger partial charge in [-0.3, -0.25) is 9.59 Å². The van der Waals surface area contributed by atoms with Crippen molar-refractivity contribution in [3.05, 3.63) is 29.8 Å². The SMILES string of the molecule is O=C1CC(=O)CC(C2(CSc3ccc(C(F)(F)F)cc3)CC2)C1. The third-order valence-corrected chi connectivity index (χ3v) is 6.13. The first-order valence-electron chi connectivity index (χ1n) is 7.62. The van der Waals surface area contributed by atoms with Gasteiger partial charge >= 0.3 is 6.18 Å². The summed E-state index contributed by atoms with van der Waals surface area (Å²) in [5.41, 5.74) is -0.634. The van der Waals surface area contributed by atoms with E-state index in [1.54, 1.807) is 0 Å². The van der Waals surface area contributed by atoms with Crippen LogP contribution in [0.1, 0.15) is 37.7 Å². The predicted molar refractivity (Wildman–Crippen MR) is 81.2 cm³/mol. The molecule has 0 aromatic heterocycles. The Balaban J connectivity index is 1.61. The zero-order chi connectivity index (χ0) is 16.7. The monoisotopic (exact) mass is 342 g/mol. The van der Waals surface area contributed by atoms with Gasteiger partial charge in [0.05, 0.1) is 12.0 Å². The van der Waals surface area contributed by atoms with E-state index in [-0.39, 0.29) is 29.3 Å². The van der Waals surface area contributed by atoms with Crippen molar-refractivity contribution < 1.29 is 22.8 Å². The molecule has 0 bridgehead atoms. The molecule has 2 nitrogen and oxygen atoms in total. The number of rotatable bonds is 4. The van der Waals surface area contributed by atoms with Gasteiger partial charge in [0, 0.05) is 23.5 Å². The van der Waals surface area contributed by atoms with E-state index < -0.39 is 11.7 Å². The quantitative estimate of drug-likeness (QED) is 0.596. The minimum absolute atomic E-state index is 0.0130. The summed E-state index contributed by atoms with van der Waals surface area (Å²) in [5.74, 6) is 0.913. The van der Waals surface area contributed by atoms with Crippen LogP contribution in [0.5, 0.6) is 0 Å². The lowest BCUT2D eigenvalue weighted by atomic mass is 9.77. The van der Waals surface area contributed by atoms with E-state index in [0.717, 1.165) is 35.6 Å². The third-order valence-electron chi connectivity index (χ3n) is 4.81.